The lowest BCUT2D eigenvalue weighted by Gasteiger charge is -2.17. The fraction of sp³-hybridized carbons (Fsp3) is 0.500. The maximum absolute atomic E-state index is 12.3. The first kappa shape index (κ1) is 20.3. The molecule has 0 bridgehead atoms. The Labute approximate surface area is 150 Å². The molecule has 1 N–H and O–H groups in total. The number of carbonyl (C=O) groups is 1. The van der Waals surface area contributed by atoms with Crippen LogP contribution in [0.15, 0.2) is 24.3 Å². The average molecular weight is 355 g/mol. The zero-order chi connectivity index (χ0) is 16.7. The molecule has 2 rings (SSSR count). The number of nitrogens with one attached hydrogen (secondary N) is 1. The Hall–Kier alpha value is -1.72. The van der Waals surface area contributed by atoms with Crippen LogP contribution in [0.3, 0.4) is 0 Å². The van der Waals surface area contributed by atoms with Crippen molar-refractivity contribution in [3.05, 3.63) is 29.8 Å². The summed E-state index contributed by atoms with van der Waals surface area (Å²) in [6.45, 7) is 4.58. The van der Waals surface area contributed by atoms with Gasteiger partial charge in [0.05, 0.1) is 7.11 Å². The van der Waals surface area contributed by atoms with E-state index in [1.165, 1.54) is 0 Å². The highest BCUT2D eigenvalue weighted by atomic mass is 35.5. The van der Waals surface area contributed by atoms with Crippen molar-refractivity contribution in [2.45, 2.75) is 13.3 Å². The predicted octanol–water partition coefficient (Wildman–Crippen LogP) is 2.60. The molecule has 5 nitrogen and oxygen atoms in total. The SMILES string of the molecule is C/C=C/c1ccc(OCC(=O)N2CCC(CNC)C2)c(OC)c1.Cl. The van der Waals surface area contributed by atoms with E-state index in [0.29, 0.717) is 17.4 Å². The highest BCUT2D eigenvalue weighted by Gasteiger charge is 2.26. The van der Waals surface area contributed by atoms with Crippen LogP contribution in [0, 0.1) is 5.92 Å². The molecule has 0 aliphatic carbocycles. The first-order valence-corrected chi connectivity index (χ1v) is 8.03. The first-order valence-electron chi connectivity index (χ1n) is 8.03. The lowest BCUT2D eigenvalue weighted by molar-refractivity contribution is -0.132. The molecule has 134 valence electrons. The van der Waals surface area contributed by atoms with E-state index in [1.54, 1.807) is 7.11 Å². The number of halogens is 1. The molecule has 1 aromatic carbocycles. The summed E-state index contributed by atoms with van der Waals surface area (Å²) >= 11 is 0. The van der Waals surface area contributed by atoms with Gasteiger partial charge in [0.25, 0.3) is 5.91 Å². The number of nitrogens with zero attached hydrogens (tertiary/aromatic N) is 1. The maximum Gasteiger partial charge on any atom is 0.260 e. The van der Waals surface area contributed by atoms with Crippen molar-refractivity contribution in [3.8, 4) is 11.5 Å². The number of carbonyl (C=O) groups excluding carboxylic acids is 1. The molecule has 1 amide bonds. The minimum absolute atomic E-state index is 0. The second-order valence-electron chi connectivity index (χ2n) is 5.75. The summed E-state index contributed by atoms with van der Waals surface area (Å²) in [6, 6.07) is 5.69. The van der Waals surface area contributed by atoms with E-state index >= 15 is 0 Å². The van der Waals surface area contributed by atoms with E-state index in [4.69, 9.17) is 9.47 Å². The van der Waals surface area contributed by atoms with Gasteiger partial charge in [-0.25, -0.2) is 0 Å². The summed E-state index contributed by atoms with van der Waals surface area (Å²) in [5.74, 6) is 1.81. The number of methoxy groups -OCH3 is 1. The van der Waals surface area contributed by atoms with Crippen molar-refractivity contribution >= 4 is 24.4 Å². The van der Waals surface area contributed by atoms with Gasteiger partial charge in [-0.3, -0.25) is 4.79 Å². The topological polar surface area (TPSA) is 50.8 Å². The molecule has 1 aromatic rings. The molecule has 0 aromatic heterocycles. The predicted molar refractivity (Wildman–Crippen MR) is 99.1 cm³/mol. The van der Waals surface area contributed by atoms with Gasteiger partial charge in [0.2, 0.25) is 0 Å². The zero-order valence-electron chi connectivity index (χ0n) is 14.6. The number of hydrogen-bond donors (Lipinski definition) is 1. The monoisotopic (exact) mass is 354 g/mol. The largest absolute Gasteiger partial charge is 0.493 e. The van der Waals surface area contributed by atoms with Crippen molar-refractivity contribution < 1.29 is 14.3 Å². The van der Waals surface area contributed by atoms with E-state index in [2.05, 4.69) is 5.32 Å². The van der Waals surface area contributed by atoms with Crippen LogP contribution >= 0.6 is 12.4 Å². The molecule has 6 heteroatoms. The van der Waals surface area contributed by atoms with Gasteiger partial charge in [-0.1, -0.05) is 18.2 Å². The first-order chi connectivity index (χ1) is 11.2. The summed E-state index contributed by atoms with van der Waals surface area (Å²) in [5, 5.41) is 3.17. The fourth-order valence-corrected chi connectivity index (χ4v) is 2.84. The van der Waals surface area contributed by atoms with Gasteiger partial charge in [-0.05, 0) is 50.6 Å². The number of likely N-dealkylation sites (tertiary alicyclic amines) is 1. The zero-order valence-corrected chi connectivity index (χ0v) is 15.4. The number of benzene rings is 1. The van der Waals surface area contributed by atoms with Crippen molar-refractivity contribution in [1.29, 1.82) is 0 Å². The summed E-state index contributed by atoms with van der Waals surface area (Å²) in [6.07, 6.45) is 5.01. The van der Waals surface area contributed by atoms with Crippen molar-refractivity contribution in [2.24, 2.45) is 5.92 Å². The Morgan fingerprint density at radius 2 is 2.21 bits per heavy atom. The van der Waals surface area contributed by atoms with Gasteiger partial charge in [0.1, 0.15) is 0 Å². The van der Waals surface area contributed by atoms with Gasteiger partial charge in [0, 0.05) is 13.1 Å². The van der Waals surface area contributed by atoms with Gasteiger partial charge in [0.15, 0.2) is 18.1 Å². The average Bonchev–Trinajstić information content (AvgIpc) is 3.02. The van der Waals surface area contributed by atoms with E-state index < -0.39 is 0 Å². The molecule has 1 unspecified atom stereocenters. The van der Waals surface area contributed by atoms with Crippen LogP contribution in [0.5, 0.6) is 11.5 Å². The molecule has 1 saturated heterocycles. The summed E-state index contributed by atoms with van der Waals surface area (Å²) in [4.78, 5) is 14.1. The number of allylic oxidation sites excluding steroid dienone is 1. The Morgan fingerprint density at radius 3 is 2.88 bits per heavy atom. The molecule has 0 spiro atoms. The summed E-state index contributed by atoms with van der Waals surface area (Å²) < 4.78 is 11.0. The van der Waals surface area contributed by atoms with Crippen LogP contribution in [0.2, 0.25) is 0 Å². The van der Waals surface area contributed by atoms with Crippen LogP contribution in [-0.2, 0) is 4.79 Å². The van der Waals surface area contributed by atoms with Gasteiger partial charge in [-0.15, -0.1) is 12.4 Å². The second-order valence-corrected chi connectivity index (χ2v) is 5.75. The number of amides is 1. The highest BCUT2D eigenvalue weighted by molar-refractivity contribution is 5.85. The van der Waals surface area contributed by atoms with E-state index in [1.807, 2.05) is 49.2 Å². The van der Waals surface area contributed by atoms with E-state index in [-0.39, 0.29) is 24.9 Å². The summed E-state index contributed by atoms with van der Waals surface area (Å²) in [5.41, 5.74) is 1.04. The van der Waals surface area contributed by atoms with Crippen LogP contribution in [0.25, 0.3) is 6.08 Å². The van der Waals surface area contributed by atoms with Crippen LogP contribution in [0.4, 0.5) is 0 Å². The molecule has 1 heterocycles. The third-order valence-corrected chi connectivity index (χ3v) is 4.03. The number of hydrogen-bond acceptors (Lipinski definition) is 4. The van der Waals surface area contributed by atoms with Crippen molar-refractivity contribution in [1.82, 2.24) is 10.2 Å². The molecular formula is C18H27ClN2O3. The molecule has 1 aliphatic rings. The Balaban J connectivity index is 0.00000288. The minimum atomic E-state index is 0. The van der Waals surface area contributed by atoms with Crippen LogP contribution in [-0.4, -0.2) is 51.2 Å². The number of ether oxygens (including phenoxy) is 2. The highest BCUT2D eigenvalue weighted by Crippen LogP contribution is 2.28. The Bertz CT molecular complexity index is 563. The lowest BCUT2D eigenvalue weighted by Crippen LogP contribution is -2.34. The Kier molecular flexibility index (Phi) is 8.65. The molecule has 0 saturated carbocycles. The molecular weight excluding hydrogens is 328 g/mol. The van der Waals surface area contributed by atoms with Crippen molar-refractivity contribution in [3.63, 3.8) is 0 Å². The molecule has 1 atom stereocenters. The fourth-order valence-electron chi connectivity index (χ4n) is 2.84. The standard InChI is InChI=1S/C18H26N2O3.ClH/c1-4-5-14-6-7-16(17(10-14)22-3)23-13-18(21)20-9-8-15(12-20)11-19-2;/h4-7,10,15,19H,8-9,11-13H2,1-3H3;1H/b5-4+;. The van der Waals surface area contributed by atoms with E-state index in [0.717, 1.165) is 31.6 Å². The van der Waals surface area contributed by atoms with Gasteiger partial charge >= 0.3 is 0 Å². The molecule has 24 heavy (non-hydrogen) atoms. The number of rotatable bonds is 7. The Morgan fingerprint density at radius 1 is 1.42 bits per heavy atom. The quantitative estimate of drug-likeness (QED) is 0.817. The van der Waals surface area contributed by atoms with Crippen molar-refractivity contribution in [2.75, 3.05) is 40.4 Å². The molecule has 0 radical (unpaired) electrons. The minimum Gasteiger partial charge on any atom is -0.493 e. The van der Waals surface area contributed by atoms with Crippen LogP contribution < -0.4 is 14.8 Å². The second kappa shape index (κ2) is 10.2. The molecule has 1 aliphatic heterocycles. The maximum atomic E-state index is 12.3. The normalized spacial score (nSPS) is 17.0. The third kappa shape index (κ3) is 5.42. The van der Waals surface area contributed by atoms with Crippen LogP contribution in [0.1, 0.15) is 18.9 Å². The van der Waals surface area contributed by atoms with Gasteiger partial charge in [-0.2, -0.15) is 0 Å². The smallest absolute Gasteiger partial charge is 0.260 e. The summed E-state index contributed by atoms with van der Waals surface area (Å²) in [7, 11) is 3.55. The van der Waals surface area contributed by atoms with E-state index in [9.17, 15) is 4.79 Å². The lowest BCUT2D eigenvalue weighted by atomic mass is 10.1. The molecule has 1 fully saturated rings. The van der Waals surface area contributed by atoms with Gasteiger partial charge < -0.3 is 19.7 Å². The third-order valence-electron chi connectivity index (χ3n) is 4.03.